The third-order valence-corrected chi connectivity index (χ3v) is 3.06. The molecule has 22 heavy (non-hydrogen) atoms. The lowest BCUT2D eigenvalue weighted by Gasteiger charge is -2.28. The molecule has 1 unspecified atom stereocenters. The van der Waals surface area contributed by atoms with Crippen molar-refractivity contribution in [3.05, 3.63) is 12.3 Å². The van der Waals surface area contributed by atoms with Gasteiger partial charge < -0.3 is 9.47 Å². The van der Waals surface area contributed by atoms with Crippen LogP contribution in [0.3, 0.4) is 0 Å². The highest BCUT2D eigenvalue weighted by molar-refractivity contribution is 5.69. The molecule has 0 saturated heterocycles. The molecule has 1 rings (SSSR count). The summed E-state index contributed by atoms with van der Waals surface area (Å²) >= 11 is 0. The second-order valence-electron chi connectivity index (χ2n) is 6.74. The van der Waals surface area contributed by atoms with Gasteiger partial charge in [0.25, 0.3) is 0 Å². The van der Waals surface area contributed by atoms with E-state index in [-0.39, 0.29) is 13.0 Å². The molecule has 0 fully saturated rings. The van der Waals surface area contributed by atoms with Gasteiger partial charge in [-0.1, -0.05) is 13.8 Å². The lowest BCUT2D eigenvalue weighted by molar-refractivity contribution is -0.217. The predicted octanol–water partition coefficient (Wildman–Crippen LogP) is 3.58. The standard InChI is InChI=1S/C14H23F3N2O3/c1-12(2,3)22-11(20)19-8-6-10(18-19)21-9-7-13(4,5)14(15,16)17/h6,8,10,18H,7,9H2,1-5H3. The van der Waals surface area contributed by atoms with E-state index in [0.717, 1.165) is 18.9 Å². The molecule has 1 atom stereocenters. The van der Waals surface area contributed by atoms with E-state index in [9.17, 15) is 18.0 Å². The SMILES string of the molecule is CC(C)(C)OC(=O)N1C=CC(OCCC(C)(C)C(F)(F)F)N1. The summed E-state index contributed by atoms with van der Waals surface area (Å²) in [6.07, 6.45) is -2.76. The van der Waals surface area contributed by atoms with Crippen LogP contribution in [0.2, 0.25) is 0 Å². The zero-order valence-corrected chi connectivity index (χ0v) is 13.5. The minimum Gasteiger partial charge on any atom is -0.442 e. The smallest absolute Gasteiger partial charge is 0.429 e. The van der Waals surface area contributed by atoms with E-state index < -0.39 is 29.5 Å². The van der Waals surface area contributed by atoms with Crippen molar-refractivity contribution in [2.24, 2.45) is 5.41 Å². The van der Waals surface area contributed by atoms with Crippen LogP contribution in [0.1, 0.15) is 41.0 Å². The van der Waals surface area contributed by atoms with Crippen molar-refractivity contribution in [1.29, 1.82) is 0 Å². The van der Waals surface area contributed by atoms with Crippen LogP contribution in [-0.4, -0.2) is 35.7 Å². The van der Waals surface area contributed by atoms with Gasteiger partial charge in [0.2, 0.25) is 0 Å². The number of ether oxygens (including phenoxy) is 2. The fraction of sp³-hybridized carbons (Fsp3) is 0.786. The van der Waals surface area contributed by atoms with Crippen molar-refractivity contribution < 1.29 is 27.4 Å². The third-order valence-electron chi connectivity index (χ3n) is 3.06. The summed E-state index contributed by atoms with van der Waals surface area (Å²) in [5.41, 5.74) is 0.227. The van der Waals surface area contributed by atoms with E-state index in [1.807, 2.05) is 0 Å². The quantitative estimate of drug-likeness (QED) is 0.859. The van der Waals surface area contributed by atoms with E-state index in [1.165, 1.54) is 12.3 Å². The Morgan fingerprint density at radius 2 is 1.82 bits per heavy atom. The van der Waals surface area contributed by atoms with Gasteiger partial charge in [-0.15, -0.1) is 0 Å². The lowest BCUT2D eigenvalue weighted by atomic mass is 9.89. The third kappa shape index (κ3) is 5.49. The van der Waals surface area contributed by atoms with Crippen LogP contribution in [0.5, 0.6) is 0 Å². The summed E-state index contributed by atoms with van der Waals surface area (Å²) in [6.45, 7) is 7.37. The maximum absolute atomic E-state index is 12.7. The summed E-state index contributed by atoms with van der Waals surface area (Å²) < 4.78 is 48.6. The van der Waals surface area contributed by atoms with Crippen molar-refractivity contribution in [2.45, 2.75) is 59.0 Å². The number of rotatable bonds is 4. The van der Waals surface area contributed by atoms with Gasteiger partial charge in [0, 0.05) is 12.8 Å². The first-order valence-electron chi connectivity index (χ1n) is 6.97. The molecular weight excluding hydrogens is 301 g/mol. The Morgan fingerprint density at radius 3 is 2.32 bits per heavy atom. The molecule has 0 spiro atoms. The van der Waals surface area contributed by atoms with Crippen LogP contribution in [0.25, 0.3) is 0 Å². The molecule has 128 valence electrons. The minimum atomic E-state index is -4.28. The van der Waals surface area contributed by atoms with Gasteiger partial charge >= 0.3 is 12.3 Å². The predicted molar refractivity (Wildman–Crippen MR) is 74.5 cm³/mol. The van der Waals surface area contributed by atoms with Gasteiger partial charge in [-0.2, -0.15) is 18.6 Å². The Hall–Kier alpha value is -1.28. The number of hydrogen-bond acceptors (Lipinski definition) is 4. The first kappa shape index (κ1) is 18.8. The highest BCUT2D eigenvalue weighted by atomic mass is 19.4. The Kier molecular flexibility index (Phi) is 5.51. The van der Waals surface area contributed by atoms with Crippen molar-refractivity contribution >= 4 is 6.09 Å². The lowest BCUT2D eigenvalue weighted by Crippen LogP contribution is -2.43. The Labute approximate surface area is 128 Å². The fourth-order valence-electron chi connectivity index (χ4n) is 1.49. The fourth-order valence-corrected chi connectivity index (χ4v) is 1.49. The number of hydrogen-bond donors (Lipinski definition) is 1. The van der Waals surface area contributed by atoms with Crippen LogP contribution < -0.4 is 5.43 Å². The molecule has 0 bridgehead atoms. The molecule has 0 aromatic heterocycles. The van der Waals surface area contributed by atoms with Crippen LogP contribution in [0.15, 0.2) is 12.3 Å². The zero-order chi connectivity index (χ0) is 17.2. The second kappa shape index (κ2) is 6.45. The molecule has 0 aliphatic carbocycles. The summed E-state index contributed by atoms with van der Waals surface area (Å²) in [4.78, 5) is 11.8. The number of carbonyl (C=O) groups is 1. The number of nitrogens with one attached hydrogen (secondary N) is 1. The normalized spacial score (nSPS) is 19.6. The molecule has 1 aliphatic rings. The molecule has 0 aromatic rings. The van der Waals surface area contributed by atoms with Gasteiger partial charge in [-0.3, -0.25) is 0 Å². The number of carbonyl (C=O) groups excluding carboxylic acids is 1. The molecule has 1 heterocycles. The van der Waals surface area contributed by atoms with E-state index in [2.05, 4.69) is 5.43 Å². The molecule has 1 amide bonds. The van der Waals surface area contributed by atoms with Crippen LogP contribution in [-0.2, 0) is 9.47 Å². The summed E-state index contributed by atoms with van der Waals surface area (Å²) in [5.74, 6) is 0. The molecule has 8 heteroatoms. The average molecular weight is 324 g/mol. The van der Waals surface area contributed by atoms with E-state index in [0.29, 0.717) is 0 Å². The van der Waals surface area contributed by atoms with Gasteiger partial charge in [0.05, 0.1) is 5.41 Å². The molecule has 1 aliphatic heterocycles. The maximum atomic E-state index is 12.7. The van der Waals surface area contributed by atoms with Crippen molar-refractivity contribution in [3.8, 4) is 0 Å². The van der Waals surface area contributed by atoms with E-state index in [1.54, 1.807) is 20.8 Å². The van der Waals surface area contributed by atoms with Crippen LogP contribution >= 0.6 is 0 Å². The zero-order valence-electron chi connectivity index (χ0n) is 13.5. The Morgan fingerprint density at radius 1 is 1.23 bits per heavy atom. The topological polar surface area (TPSA) is 50.8 Å². The number of nitrogens with zero attached hydrogens (tertiary/aromatic N) is 1. The largest absolute Gasteiger partial charge is 0.442 e. The van der Waals surface area contributed by atoms with Crippen molar-refractivity contribution in [3.63, 3.8) is 0 Å². The second-order valence-corrected chi connectivity index (χ2v) is 6.74. The van der Waals surface area contributed by atoms with Gasteiger partial charge in [-0.25, -0.2) is 9.80 Å². The first-order valence-corrected chi connectivity index (χ1v) is 6.97. The number of amides is 1. The van der Waals surface area contributed by atoms with Crippen molar-refractivity contribution in [1.82, 2.24) is 10.4 Å². The molecule has 0 aromatic carbocycles. The maximum Gasteiger partial charge on any atom is 0.429 e. The average Bonchev–Trinajstić information content (AvgIpc) is 2.73. The number of halogens is 3. The van der Waals surface area contributed by atoms with Crippen LogP contribution in [0.4, 0.5) is 18.0 Å². The highest BCUT2D eigenvalue weighted by Gasteiger charge is 2.46. The monoisotopic (exact) mass is 324 g/mol. The highest BCUT2D eigenvalue weighted by Crippen LogP contribution is 2.40. The summed E-state index contributed by atoms with van der Waals surface area (Å²) in [7, 11) is 0. The molecular formula is C14H23F3N2O3. The first-order chi connectivity index (χ1) is 9.82. The Bertz CT molecular complexity index is 428. The molecule has 1 N–H and O–H groups in total. The number of alkyl halides is 3. The van der Waals surface area contributed by atoms with Gasteiger partial charge in [0.15, 0.2) is 0 Å². The van der Waals surface area contributed by atoms with Crippen LogP contribution in [0, 0.1) is 5.41 Å². The Balaban J connectivity index is 2.37. The van der Waals surface area contributed by atoms with E-state index in [4.69, 9.17) is 9.47 Å². The van der Waals surface area contributed by atoms with E-state index >= 15 is 0 Å². The summed E-state index contributed by atoms with van der Waals surface area (Å²) in [6, 6.07) is 0. The number of hydrazine groups is 1. The molecule has 0 radical (unpaired) electrons. The molecule has 0 saturated carbocycles. The van der Waals surface area contributed by atoms with Crippen molar-refractivity contribution in [2.75, 3.05) is 6.61 Å². The minimum absolute atomic E-state index is 0.0866. The van der Waals surface area contributed by atoms with Gasteiger partial charge in [-0.05, 0) is 33.3 Å². The molecule has 5 nitrogen and oxygen atoms in total. The van der Waals surface area contributed by atoms with Gasteiger partial charge in [0.1, 0.15) is 11.8 Å². The summed E-state index contributed by atoms with van der Waals surface area (Å²) in [5, 5.41) is 1.10.